The van der Waals surface area contributed by atoms with Crippen molar-refractivity contribution in [1.29, 1.82) is 0 Å². The van der Waals surface area contributed by atoms with Crippen molar-refractivity contribution < 1.29 is 4.79 Å². The van der Waals surface area contributed by atoms with E-state index in [1.54, 1.807) is 0 Å². The highest BCUT2D eigenvalue weighted by atomic mass is 32.1. The molecule has 0 bridgehead atoms. The summed E-state index contributed by atoms with van der Waals surface area (Å²) in [5.41, 5.74) is 0.959. The molecule has 2 heterocycles. The maximum Gasteiger partial charge on any atom is 0.229 e. The van der Waals surface area contributed by atoms with Gasteiger partial charge in [0, 0.05) is 11.3 Å². The summed E-state index contributed by atoms with van der Waals surface area (Å²) in [7, 11) is 0. The van der Waals surface area contributed by atoms with Gasteiger partial charge in [0.1, 0.15) is 0 Å². The van der Waals surface area contributed by atoms with E-state index in [9.17, 15) is 4.79 Å². The number of aromatic nitrogens is 1. The molecule has 0 unspecified atom stereocenters. The number of rotatable bonds is 2. The monoisotopic (exact) mass is 225 g/mol. The third-order valence-corrected chi connectivity index (χ3v) is 3.43. The molecule has 0 atom stereocenters. The largest absolute Gasteiger partial charge is 0.317 e. The average molecular weight is 225 g/mol. The lowest BCUT2D eigenvalue weighted by molar-refractivity contribution is -0.120. The van der Waals surface area contributed by atoms with Crippen LogP contribution in [0, 0.1) is 12.8 Å². The molecule has 1 aromatic rings. The van der Waals surface area contributed by atoms with Crippen LogP contribution >= 0.6 is 11.3 Å². The number of thiazole rings is 1. The summed E-state index contributed by atoms with van der Waals surface area (Å²) in [6.07, 6.45) is 1.85. The molecule has 2 rings (SSSR count). The summed E-state index contributed by atoms with van der Waals surface area (Å²) in [6, 6.07) is 0. The zero-order valence-corrected chi connectivity index (χ0v) is 9.56. The highest BCUT2D eigenvalue weighted by molar-refractivity contribution is 7.13. The predicted octanol–water partition coefficient (Wildman–Crippen LogP) is 1.39. The van der Waals surface area contributed by atoms with Gasteiger partial charge in [0.15, 0.2) is 5.13 Å². The van der Waals surface area contributed by atoms with Crippen molar-refractivity contribution in [2.24, 2.45) is 5.92 Å². The van der Waals surface area contributed by atoms with Gasteiger partial charge >= 0.3 is 0 Å². The number of hydrogen-bond acceptors (Lipinski definition) is 4. The van der Waals surface area contributed by atoms with E-state index in [-0.39, 0.29) is 11.8 Å². The Kier molecular flexibility index (Phi) is 3.33. The van der Waals surface area contributed by atoms with Gasteiger partial charge in [0.2, 0.25) is 5.91 Å². The number of carbonyl (C=O) groups excluding carboxylic acids is 1. The molecule has 0 aliphatic carbocycles. The number of nitrogens with one attached hydrogen (secondary N) is 2. The number of amides is 1. The quantitative estimate of drug-likeness (QED) is 0.799. The van der Waals surface area contributed by atoms with Crippen molar-refractivity contribution in [3.63, 3.8) is 0 Å². The number of piperidine rings is 1. The Morgan fingerprint density at radius 1 is 1.60 bits per heavy atom. The van der Waals surface area contributed by atoms with Gasteiger partial charge < -0.3 is 10.6 Å². The molecule has 2 N–H and O–H groups in total. The van der Waals surface area contributed by atoms with Gasteiger partial charge in [0.05, 0.1) is 5.69 Å². The van der Waals surface area contributed by atoms with Crippen molar-refractivity contribution in [3.05, 3.63) is 11.1 Å². The fraction of sp³-hybridized carbons (Fsp3) is 0.600. The molecule has 0 spiro atoms. The number of carbonyl (C=O) groups is 1. The maximum absolute atomic E-state index is 11.8. The minimum Gasteiger partial charge on any atom is -0.317 e. The Balaban J connectivity index is 1.91. The summed E-state index contributed by atoms with van der Waals surface area (Å²) >= 11 is 1.48. The summed E-state index contributed by atoms with van der Waals surface area (Å²) in [5, 5.41) is 8.78. The second kappa shape index (κ2) is 4.72. The van der Waals surface area contributed by atoms with Crippen LogP contribution in [0.2, 0.25) is 0 Å². The summed E-state index contributed by atoms with van der Waals surface area (Å²) < 4.78 is 0. The minimum absolute atomic E-state index is 0.117. The van der Waals surface area contributed by atoms with Crippen LogP contribution in [0.5, 0.6) is 0 Å². The van der Waals surface area contributed by atoms with Crippen molar-refractivity contribution in [3.8, 4) is 0 Å². The Hall–Kier alpha value is -0.940. The van der Waals surface area contributed by atoms with E-state index in [1.165, 1.54) is 11.3 Å². The third-order valence-electron chi connectivity index (χ3n) is 2.56. The van der Waals surface area contributed by atoms with Crippen molar-refractivity contribution >= 4 is 22.4 Å². The molecule has 4 nitrogen and oxygen atoms in total. The molecule has 1 saturated heterocycles. The molecule has 1 aromatic heterocycles. The van der Waals surface area contributed by atoms with Crippen LogP contribution in [-0.2, 0) is 4.79 Å². The van der Waals surface area contributed by atoms with Crippen molar-refractivity contribution in [2.45, 2.75) is 19.8 Å². The molecule has 0 aromatic carbocycles. The molecular weight excluding hydrogens is 210 g/mol. The first-order valence-electron chi connectivity index (χ1n) is 5.19. The van der Waals surface area contributed by atoms with Crippen LogP contribution < -0.4 is 10.6 Å². The SMILES string of the molecule is Cc1csc(NC(=O)C2CCNCC2)n1. The van der Waals surface area contributed by atoms with Crippen LogP contribution in [0.4, 0.5) is 5.13 Å². The zero-order chi connectivity index (χ0) is 10.7. The summed E-state index contributed by atoms with van der Waals surface area (Å²) in [4.78, 5) is 16.0. The van der Waals surface area contributed by atoms with Crippen LogP contribution in [0.3, 0.4) is 0 Å². The maximum atomic E-state index is 11.8. The third kappa shape index (κ3) is 2.76. The second-order valence-corrected chi connectivity index (χ2v) is 4.67. The van der Waals surface area contributed by atoms with E-state index in [2.05, 4.69) is 15.6 Å². The van der Waals surface area contributed by atoms with E-state index in [0.717, 1.165) is 36.8 Å². The lowest BCUT2D eigenvalue weighted by Gasteiger charge is -2.20. The summed E-state index contributed by atoms with van der Waals surface area (Å²) in [6.45, 7) is 3.81. The molecule has 0 radical (unpaired) electrons. The number of nitrogens with zero attached hydrogens (tertiary/aromatic N) is 1. The molecule has 1 aliphatic rings. The molecule has 5 heteroatoms. The topological polar surface area (TPSA) is 54.0 Å². The predicted molar refractivity (Wildman–Crippen MR) is 61.1 cm³/mol. The summed E-state index contributed by atoms with van der Waals surface area (Å²) in [5.74, 6) is 0.265. The molecule has 1 amide bonds. The van der Waals surface area contributed by atoms with E-state index in [1.807, 2.05) is 12.3 Å². The average Bonchev–Trinajstić information content (AvgIpc) is 2.65. The van der Waals surface area contributed by atoms with Crippen LogP contribution in [0.15, 0.2) is 5.38 Å². The first-order valence-corrected chi connectivity index (χ1v) is 6.07. The normalized spacial score (nSPS) is 17.7. The Morgan fingerprint density at radius 2 is 2.33 bits per heavy atom. The van der Waals surface area contributed by atoms with Crippen LogP contribution in [0.1, 0.15) is 18.5 Å². The van der Waals surface area contributed by atoms with Crippen LogP contribution in [-0.4, -0.2) is 24.0 Å². The van der Waals surface area contributed by atoms with Gasteiger partial charge in [-0.1, -0.05) is 0 Å². The molecular formula is C10H15N3OS. The molecule has 0 saturated carbocycles. The van der Waals surface area contributed by atoms with E-state index >= 15 is 0 Å². The van der Waals surface area contributed by atoms with E-state index in [4.69, 9.17) is 0 Å². The standard InChI is InChI=1S/C10H15N3OS/c1-7-6-15-10(12-7)13-9(14)8-2-4-11-5-3-8/h6,8,11H,2-5H2,1H3,(H,12,13,14). The highest BCUT2D eigenvalue weighted by Crippen LogP contribution is 2.18. The van der Waals surface area contributed by atoms with Crippen LogP contribution in [0.25, 0.3) is 0 Å². The minimum atomic E-state index is 0.117. The van der Waals surface area contributed by atoms with Crippen molar-refractivity contribution in [1.82, 2.24) is 10.3 Å². The van der Waals surface area contributed by atoms with E-state index < -0.39 is 0 Å². The van der Waals surface area contributed by atoms with Gasteiger partial charge in [0.25, 0.3) is 0 Å². The van der Waals surface area contributed by atoms with Gasteiger partial charge in [-0.2, -0.15) is 0 Å². The second-order valence-electron chi connectivity index (χ2n) is 3.81. The fourth-order valence-corrected chi connectivity index (χ4v) is 2.39. The Morgan fingerprint density at radius 3 is 2.93 bits per heavy atom. The van der Waals surface area contributed by atoms with Gasteiger partial charge in [-0.05, 0) is 32.9 Å². The Bertz CT molecular complexity index is 344. The van der Waals surface area contributed by atoms with E-state index in [0.29, 0.717) is 0 Å². The fourth-order valence-electron chi connectivity index (χ4n) is 1.70. The highest BCUT2D eigenvalue weighted by Gasteiger charge is 2.21. The molecule has 82 valence electrons. The number of aryl methyl sites for hydroxylation is 1. The lowest BCUT2D eigenvalue weighted by atomic mass is 9.97. The van der Waals surface area contributed by atoms with Crippen molar-refractivity contribution in [2.75, 3.05) is 18.4 Å². The molecule has 15 heavy (non-hydrogen) atoms. The molecule has 1 fully saturated rings. The van der Waals surface area contributed by atoms with Gasteiger partial charge in [-0.3, -0.25) is 4.79 Å². The van der Waals surface area contributed by atoms with Gasteiger partial charge in [-0.15, -0.1) is 11.3 Å². The number of hydrogen-bond donors (Lipinski definition) is 2. The lowest BCUT2D eigenvalue weighted by Crippen LogP contribution is -2.34. The van der Waals surface area contributed by atoms with Gasteiger partial charge in [-0.25, -0.2) is 4.98 Å². The smallest absolute Gasteiger partial charge is 0.229 e. The Labute approximate surface area is 93.1 Å². The first kappa shape index (κ1) is 10.6. The first-order chi connectivity index (χ1) is 7.25. The zero-order valence-electron chi connectivity index (χ0n) is 8.75. The number of anilines is 1. The molecule has 1 aliphatic heterocycles.